The molecular weight excluding hydrogens is 467 g/mol. The third-order valence-corrected chi connectivity index (χ3v) is 4.19. The van der Waals surface area contributed by atoms with Gasteiger partial charge in [-0.3, -0.25) is 10.2 Å². The highest BCUT2D eigenvalue weighted by atomic mass is 19.4. The third-order valence-electron chi connectivity index (χ3n) is 4.19. The van der Waals surface area contributed by atoms with E-state index in [1.807, 2.05) is 39.0 Å². The van der Waals surface area contributed by atoms with Crippen LogP contribution in [0.1, 0.15) is 35.6 Å². The SMILES string of the molecule is Cc1cc(C(=O)Nc2ccc(OC(C)C)cc2)n(-c2cccc(C(=N)N)c2)n1.O=C(O)C(F)(F)F. The van der Waals surface area contributed by atoms with Gasteiger partial charge in [-0.25, -0.2) is 9.48 Å². The number of alkyl halides is 3. The first-order valence-electron chi connectivity index (χ1n) is 10.2. The topological polar surface area (TPSA) is 143 Å². The van der Waals surface area contributed by atoms with Crippen molar-refractivity contribution in [2.24, 2.45) is 5.73 Å². The van der Waals surface area contributed by atoms with Crippen LogP contribution in [0.3, 0.4) is 0 Å². The summed E-state index contributed by atoms with van der Waals surface area (Å²) in [5.74, 6) is -2.34. The number of amides is 1. The number of ether oxygens (including phenoxy) is 1. The quantitative estimate of drug-likeness (QED) is 0.301. The van der Waals surface area contributed by atoms with E-state index in [9.17, 15) is 18.0 Å². The number of aryl methyl sites for hydroxylation is 1. The molecule has 12 heteroatoms. The summed E-state index contributed by atoms with van der Waals surface area (Å²) in [6.45, 7) is 5.74. The van der Waals surface area contributed by atoms with Crippen LogP contribution in [0.25, 0.3) is 5.69 Å². The molecule has 0 saturated heterocycles. The second kappa shape index (κ2) is 11.2. The normalized spacial score (nSPS) is 10.8. The molecule has 0 fully saturated rings. The summed E-state index contributed by atoms with van der Waals surface area (Å²) in [6, 6.07) is 16.0. The van der Waals surface area contributed by atoms with Crippen molar-refractivity contribution in [3.8, 4) is 11.4 Å². The monoisotopic (exact) mass is 491 g/mol. The molecule has 0 aliphatic rings. The van der Waals surface area contributed by atoms with Crippen molar-refractivity contribution in [1.29, 1.82) is 5.41 Å². The summed E-state index contributed by atoms with van der Waals surface area (Å²) in [7, 11) is 0. The van der Waals surface area contributed by atoms with Crippen LogP contribution in [0.2, 0.25) is 0 Å². The van der Waals surface area contributed by atoms with Crippen molar-refractivity contribution < 1.29 is 32.6 Å². The van der Waals surface area contributed by atoms with Gasteiger partial charge in [0.15, 0.2) is 0 Å². The van der Waals surface area contributed by atoms with E-state index in [0.29, 0.717) is 28.3 Å². The van der Waals surface area contributed by atoms with Crippen LogP contribution in [0.4, 0.5) is 18.9 Å². The number of carboxylic acids is 1. The van der Waals surface area contributed by atoms with E-state index in [1.54, 1.807) is 41.1 Å². The van der Waals surface area contributed by atoms with Crippen LogP contribution in [-0.4, -0.2) is 44.9 Å². The molecule has 0 bridgehead atoms. The van der Waals surface area contributed by atoms with Crippen molar-refractivity contribution in [2.75, 3.05) is 5.32 Å². The fourth-order valence-electron chi connectivity index (χ4n) is 2.75. The van der Waals surface area contributed by atoms with E-state index >= 15 is 0 Å². The number of halogens is 3. The Morgan fingerprint density at radius 2 is 1.74 bits per heavy atom. The predicted molar refractivity (Wildman–Crippen MR) is 123 cm³/mol. The van der Waals surface area contributed by atoms with Gasteiger partial charge < -0.3 is 20.9 Å². The van der Waals surface area contributed by atoms with Gasteiger partial charge in [-0.2, -0.15) is 18.3 Å². The van der Waals surface area contributed by atoms with Crippen LogP contribution < -0.4 is 15.8 Å². The zero-order valence-electron chi connectivity index (χ0n) is 19.1. The first-order valence-corrected chi connectivity index (χ1v) is 10.2. The number of anilines is 1. The van der Waals surface area contributed by atoms with Gasteiger partial charge >= 0.3 is 12.1 Å². The summed E-state index contributed by atoms with van der Waals surface area (Å²) in [5.41, 5.74) is 8.55. The molecule has 0 radical (unpaired) electrons. The van der Waals surface area contributed by atoms with E-state index in [1.165, 1.54) is 0 Å². The number of rotatable bonds is 6. The maximum absolute atomic E-state index is 12.8. The number of hydrogen-bond acceptors (Lipinski definition) is 5. The molecule has 3 rings (SSSR count). The molecule has 5 N–H and O–H groups in total. The number of carbonyl (C=O) groups excluding carboxylic acids is 1. The molecule has 0 saturated carbocycles. The zero-order valence-corrected chi connectivity index (χ0v) is 19.1. The number of nitrogen functional groups attached to an aromatic ring is 1. The van der Waals surface area contributed by atoms with Crippen molar-refractivity contribution in [1.82, 2.24) is 9.78 Å². The molecule has 0 aliphatic heterocycles. The third kappa shape index (κ3) is 7.88. The summed E-state index contributed by atoms with van der Waals surface area (Å²) >= 11 is 0. The van der Waals surface area contributed by atoms with E-state index in [-0.39, 0.29) is 17.8 Å². The van der Waals surface area contributed by atoms with E-state index < -0.39 is 12.1 Å². The number of amidine groups is 1. The first kappa shape index (κ1) is 26.9. The number of carboxylic acid groups (broad SMARTS) is 1. The Morgan fingerprint density at radius 1 is 1.14 bits per heavy atom. The highest BCUT2D eigenvalue weighted by Crippen LogP contribution is 2.19. The Bertz CT molecular complexity index is 1200. The number of aromatic nitrogens is 2. The van der Waals surface area contributed by atoms with Gasteiger partial charge in [0, 0.05) is 11.3 Å². The second-order valence-electron chi connectivity index (χ2n) is 7.49. The molecule has 186 valence electrons. The van der Waals surface area contributed by atoms with Crippen molar-refractivity contribution in [3.05, 3.63) is 71.5 Å². The van der Waals surface area contributed by atoms with E-state index in [2.05, 4.69) is 10.4 Å². The maximum atomic E-state index is 12.8. The lowest BCUT2D eigenvalue weighted by Gasteiger charge is -2.11. The van der Waals surface area contributed by atoms with Crippen molar-refractivity contribution in [2.45, 2.75) is 33.1 Å². The minimum Gasteiger partial charge on any atom is -0.491 e. The molecule has 35 heavy (non-hydrogen) atoms. The number of benzene rings is 2. The number of aliphatic carboxylic acids is 1. The lowest BCUT2D eigenvalue weighted by molar-refractivity contribution is -0.192. The molecule has 0 atom stereocenters. The lowest BCUT2D eigenvalue weighted by Crippen LogP contribution is -2.21. The number of nitrogens with zero attached hydrogens (tertiary/aromatic N) is 2. The molecule has 0 spiro atoms. The molecule has 3 aromatic rings. The number of nitrogens with two attached hydrogens (primary N) is 1. The number of nitrogens with one attached hydrogen (secondary N) is 2. The van der Waals surface area contributed by atoms with Crippen molar-refractivity contribution >= 4 is 23.4 Å². The minimum absolute atomic E-state index is 0.0413. The molecular formula is C23H24F3N5O4. The van der Waals surface area contributed by atoms with E-state index in [4.69, 9.17) is 25.8 Å². The number of hydrogen-bond donors (Lipinski definition) is 4. The van der Waals surface area contributed by atoms with Gasteiger partial charge in [-0.1, -0.05) is 12.1 Å². The first-order chi connectivity index (χ1) is 16.3. The molecule has 0 unspecified atom stereocenters. The van der Waals surface area contributed by atoms with Gasteiger partial charge in [-0.05, 0) is 63.2 Å². The number of carbonyl (C=O) groups is 2. The molecule has 9 nitrogen and oxygen atoms in total. The van der Waals surface area contributed by atoms with Gasteiger partial charge in [0.1, 0.15) is 17.3 Å². The fraction of sp³-hybridized carbons (Fsp3) is 0.217. The predicted octanol–water partition coefficient (Wildman–Crippen LogP) is 4.14. The van der Waals surface area contributed by atoms with Crippen LogP contribution in [0.15, 0.2) is 54.6 Å². The summed E-state index contributed by atoms with van der Waals surface area (Å²) in [4.78, 5) is 21.7. The minimum atomic E-state index is -5.08. The highest BCUT2D eigenvalue weighted by molar-refractivity contribution is 6.03. The van der Waals surface area contributed by atoms with Crippen LogP contribution >= 0.6 is 0 Å². The van der Waals surface area contributed by atoms with E-state index in [0.717, 1.165) is 5.75 Å². The van der Waals surface area contributed by atoms with Gasteiger partial charge in [0.05, 0.1) is 17.5 Å². The van der Waals surface area contributed by atoms with Crippen LogP contribution in [0, 0.1) is 12.3 Å². The molecule has 2 aromatic carbocycles. The van der Waals surface area contributed by atoms with Crippen LogP contribution in [-0.2, 0) is 4.79 Å². The largest absolute Gasteiger partial charge is 0.491 e. The van der Waals surface area contributed by atoms with Gasteiger partial charge in [0.25, 0.3) is 5.91 Å². The summed E-state index contributed by atoms with van der Waals surface area (Å²) < 4.78 is 38.9. The Kier molecular flexibility index (Phi) is 8.59. The standard InChI is InChI=1S/C21H23N5O2.C2HF3O2/c1-13(2)28-18-9-7-16(8-10-18)24-21(27)19-11-14(3)25-26(19)17-6-4-5-15(12-17)20(22)23;3-2(4,5)1(6)7/h4-13H,1-3H3,(H3,22,23)(H,24,27);(H,6,7). The lowest BCUT2D eigenvalue weighted by atomic mass is 10.2. The maximum Gasteiger partial charge on any atom is 0.490 e. The summed E-state index contributed by atoms with van der Waals surface area (Å²) in [6.07, 6.45) is -5.00. The zero-order chi connectivity index (χ0) is 26.3. The molecule has 1 amide bonds. The smallest absolute Gasteiger partial charge is 0.490 e. The Morgan fingerprint density at radius 3 is 2.26 bits per heavy atom. The Labute approximate surface area is 198 Å². The second-order valence-corrected chi connectivity index (χ2v) is 7.49. The van der Waals surface area contributed by atoms with Gasteiger partial charge in [-0.15, -0.1) is 0 Å². The van der Waals surface area contributed by atoms with Crippen molar-refractivity contribution in [3.63, 3.8) is 0 Å². The molecule has 1 aromatic heterocycles. The Hall–Kier alpha value is -4.35. The molecule has 0 aliphatic carbocycles. The van der Waals surface area contributed by atoms with Crippen LogP contribution in [0.5, 0.6) is 5.75 Å². The summed E-state index contributed by atoms with van der Waals surface area (Å²) in [5, 5.41) is 22.0. The van der Waals surface area contributed by atoms with Gasteiger partial charge in [0.2, 0.25) is 0 Å². The average Bonchev–Trinajstić information content (AvgIpc) is 3.16. The fourth-order valence-corrected chi connectivity index (χ4v) is 2.75. The molecule has 1 heterocycles. The average molecular weight is 491 g/mol. The Balaban J connectivity index is 0.000000540. The highest BCUT2D eigenvalue weighted by Gasteiger charge is 2.38.